The predicted octanol–water partition coefficient (Wildman–Crippen LogP) is 2.91. The Kier molecular flexibility index (Phi) is 6.95. The fraction of sp³-hybridized carbons (Fsp3) is 0.667. The molecular formula is C21H31N3O5. The number of rotatable bonds is 9. The molecule has 160 valence electrons. The van der Waals surface area contributed by atoms with Crippen LogP contribution in [0.1, 0.15) is 63.9 Å². The van der Waals surface area contributed by atoms with Gasteiger partial charge < -0.3 is 24.8 Å². The van der Waals surface area contributed by atoms with Crippen molar-refractivity contribution in [2.45, 2.75) is 69.9 Å². The molecule has 2 fully saturated rings. The van der Waals surface area contributed by atoms with Gasteiger partial charge in [0.15, 0.2) is 0 Å². The van der Waals surface area contributed by atoms with Crippen molar-refractivity contribution in [3.8, 4) is 11.8 Å². The van der Waals surface area contributed by atoms with Crippen molar-refractivity contribution in [1.29, 1.82) is 0 Å². The zero-order chi connectivity index (χ0) is 20.9. The summed E-state index contributed by atoms with van der Waals surface area (Å²) in [5.41, 5.74) is 0.0245. The Bertz CT molecular complexity index is 725. The zero-order valence-corrected chi connectivity index (χ0v) is 17.5. The van der Waals surface area contributed by atoms with Crippen molar-refractivity contribution in [2.24, 2.45) is 0 Å². The Labute approximate surface area is 171 Å². The molecule has 8 nitrogen and oxygen atoms in total. The summed E-state index contributed by atoms with van der Waals surface area (Å²) in [7, 11) is 1.55. The van der Waals surface area contributed by atoms with Gasteiger partial charge in [-0.2, -0.15) is 4.98 Å². The van der Waals surface area contributed by atoms with Crippen LogP contribution in [0, 0.1) is 0 Å². The van der Waals surface area contributed by atoms with Crippen LogP contribution in [0.2, 0.25) is 0 Å². The highest BCUT2D eigenvalue weighted by atomic mass is 16.6. The summed E-state index contributed by atoms with van der Waals surface area (Å²) in [6, 6.07) is 3.58. The van der Waals surface area contributed by atoms with Gasteiger partial charge in [-0.3, -0.25) is 4.79 Å². The summed E-state index contributed by atoms with van der Waals surface area (Å²) in [5.74, 6) is 0.840. The van der Waals surface area contributed by atoms with E-state index in [9.17, 15) is 9.59 Å². The van der Waals surface area contributed by atoms with Gasteiger partial charge in [-0.05, 0) is 50.5 Å². The second-order valence-electron chi connectivity index (χ2n) is 7.65. The number of ether oxygens (including phenoxy) is 3. The summed E-state index contributed by atoms with van der Waals surface area (Å²) >= 11 is 0. The average Bonchev–Trinajstić information content (AvgIpc) is 3.44. The molecule has 2 heterocycles. The van der Waals surface area contributed by atoms with Gasteiger partial charge in [0.1, 0.15) is 12.1 Å². The molecule has 2 amide bonds. The highest BCUT2D eigenvalue weighted by Gasteiger charge is 2.36. The van der Waals surface area contributed by atoms with Crippen molar-refractivity contribution >= 4 is 12.0 Å². The van der Waals surface area contributed by atoms with E-state index in [0.29, 0.717) is 31.2 Å². The van der Waals surface area contributed by atoms with E-state index >= 15 is 0 Å². The third-order valence-electron chi connectivity index (χ3n) is 5.72. The maximum absolute atomic E-state index is 12.5. The van der Waals surface area contributed by atoms with Gasteiger partial charge in [0.2, 0.25) is 17.7 Å². The van der Waals surface area contributed by atoms with Crippen LogP contribution in [-0.2, 0) is 9.53 Å². The molecule has 2 aliphatic rings. The molecule has 2 N–H and O–H groups in total. The van der Waals surface area contributed by atoms with E-state index < -0.39 is 11.6 Å². The van der Waals surface area contributed by atoms with E-state index in [-0.39, 0.29) is 17.9 Å². The normalized spacial score (nSPS) is 18.9. The first-order valence-electron chi connectivity index (χ1n) is 10.5. The zero-order valence-electron chi connectivity index (χ0n) is 17.5. The Morgan fingerprint density at radius 3 is 2.59 bits per heavy atom. The molecule has 1 aromatic heterocycles. The first kappa shape index (κ1) is 21.4. The number of carbonyl (C=O) groups excluding carboxylic acids is 2. The summed E-state index contributed by atoms with van der Waals surface area (Å²) in [4.78, 5) is 29.1. The van der Waals surface area contributed by atoms with Crippen LogP contribution in [0.5, 0.6) is 11.8 Å². The number of likely N-dealkylation sites (N-methyl/N-ethyl adjacent to an activating group) is 1. The van der Waals surface area contributed by atoms with Gasteiger partial charge in [-0.15, -0.1) is 0 Å². The van der Waals surface area contributed by atoms with Crippen molar-refractivity contribution in [1.82, 2.24) is 15.6 Å². The van der Waals surface area contributed by atoms with Crippen LogP contribution in [0.4, 0.5) is 4.79 Å². The van der Waals surface area contributed by atoms with Gasteiger partial charge in [-0.1, -0.05) is 13.8 Å². The lowest BCUT2D eigenvalue weighted by molar-refractivity contribution is -0.127. The number of amides is 2. The molecule has 1 unspecified atom stereocenters. The monoisotopic (exact) mass is 405 g/mol. The molecule has 3 rings (SSSR count). The van der Waals surface area contributed by atoms with Crippen LogP contribution in [0.25, 0.3) is 0 Å². The van der Waals surface area contributed by atoms with E-state index in [1.807, 2.05) is 19.9 Å². The third-order valence-corrected chi connectivity index (χ3v) is 5.72. The molecule has 1 saturated carbocycles. The Hall–Kier alpha value is -2.35. The average molecular weight is 405 g/mol. The Balaban J connectivity index is 1.68. The minimum absolute atomic E-state index is 0.0824. The molecule has 1 atom stereocenters. The topological polar surface area (TPSA) is 98.8 Å². The highest BCUT2D eigenvalue weighted by Crippen LogP contribution is 2.44. The Morgan fingerprint density at radius 1 is 1.24 bits per heavy atom. The summed E-state index contributed by atoms with van der Waals surface area (Å²) in [5, 5.41) is 5.30. The van der Waals surface area contributed by atoms with E-state index in [0.717, 1.165) is 37.9 Å². The minimum Gasteiger partial charge on any atom is -0.475 e. The summed E-state index contributed by atoms with van der Waals surface area (Å²) in [6.45, 7) is 4.90. The van der Waals surface area contributed by atoms with Gasteiger partial charge in [-0.25, -0.2) is 4.79 Å². The van der Waals surface area contributed by atoms with E-state index in [4.69, 9.17) is 14.2 Å². The maximum Gasteiger partial charge on any atom is 0.414 e. The van der Waals surface area contributed by atoms with Gasteiger partial charge >= 0.3 is 6.09 Å². The second kappa shape index (κ2) is 9.43. The number of hydrogen-bond acceptors (Lipinski definition) is 6. The SMILES string of the molecule is CCC(CC)(NC(=O)Oc1ccc(C2CC2)c(OCC2CCCO2)n1)C(=O)NC. The van der Waals surface area contributed by atoms with Crippen molar-refractivity contribution in [3.05, 3.63) is 17.7 Å². The fourth-order valence-electron chi connectivity index (χ4n) is 3.62. The molecule has 8 heteroatoms. The molecule has 0 bridgehead atoms. The largest absolute Gasteiger partial charge is 0.475 e. The molecular weight excluding hydrogens is 374 g/mol. The van der Waals surface area contributed by atoms with Crippen molar-refractivity contribution in [2.75, 3.05) is 20.3 Å². The van der Waals surface area contributed by atoms with Crippen LogP contribution < -0.4 is 20.1 Å². The number of hydrogen-bond donors (Lipinski definition) is 2. The minimum atomic E-state index is -1.01. The molecule has 1 aromatic rings. The Morgan fingerprint density at radius 2 is 2.00 bits per heavy atom. The van der Waals surface area contributed by atoms with Gasteiger partial charge in [0.25, 0.3) is 0 Å². The van der Waals surface area contributed by atoms with Crippen molar-refractivity contribution < 1.29 is 23.8 Å². The quantitative estimate of drug-likeness (QED) is 0.655. The number of nitrogens with one attached hydrogen (secondary N) is 2. The molecule has 0 radical (unpaired) electrons. The van der Waals surface area contributed by atoms with E-state index in [2.05, 4.69) is 15.6 Å². The smallest absolute Gasteiger partial charge is 0.414 e. The van der Waals surface area contributed by atoms with E-state index in [1.54, 1.807) is 13.1 Å². The van der Waals surface area contributed by atoms with Crippen molar-refractivity contribution in [3.63, 3.8) is 0 Å². The number of carbonyl (C=O) groups is 2. The molecule has 1 saturated heterocycles. The molecule has 0 aromatic carbocycles. The summed E-state index contributed by atoms with van der Waals surface area (Å²) < 4.78 is 16.9. The second-order valence-corrected chi connectivity index (χ2v) is 7.65. The molecule has 1 aliphatic heterocycles. The van der Waals surface area contributed by atoms with E-state index in [1.165, 1.54) is 0 Å². The fourth-order valence-corrected chi connectivity index (χ4v) is 3.62. The summed E-state index contributed by atoms with van der Waals surface area (Å²) in [6.07, 6.45) is 4.51. The first-order valence-corrected chi connectivity index (χ1v) is 10.5. The lowest BCUT2D eigenvalue weighted by atomic mass is 9.92. The van der Waals surface area contributed by atoms with Crippen LogP contribution >= 0.6 is 0 Å². The third kappa shape index (κ3) is 5.18. The molecule has 1 aliphatic carbocycles. The van der Waals surface area contributed by atoms with Gasteiger partial charge in [0, 0.05) is 25.3 Å². The molecule has 0 spiro atoms. The highest BCUT2D eigenvalue weighted by molar-refractivity contribution is 5.90. The lowest BCUT2D eigenvalue weighted by Gasteiger charge is -2.30. The molecule has 29 heavy (non-hydrogen) atoms. The number of aromatic nitrogens is 1. The first-order chi connectivity index (χ1) is 14.0. The van der Waals surface area contributed by atoms with Gasteiger partial charge in [0.05, 0.1) is 6.10 Å². The number of pyridine rings is 1. The predicted molar refractivity (Wildman–Crippen MR) is 107 cm³/mol. The van der Waals surface area contributed by atoms with Crippen LogP contribution in [0.15, 0.2) is 12.1 Å². The lowest BCUT2D eigenvalue weighted by Crippen LogP contribution is -2.58. The van der Waals surface area contributed by atoms with Crippen LogP contribution in [0.3, 0.4) is 0 Å². The number of nitrogens with zero attached hydrogens (tertiary/aromatic N) is 1. The van der Waals surface area contributed by atoms with Crippen LogP contribution in [-0.4, -0.2) is 48.9 Å². The maximum atomic E-state index is 12.5. The standard InChI is InChI=1S/C21H31N3O5/c1-4-21(5-2,19(25)22-3)24-20(26)29-17-11-10-16(14-8-9-14)18(23-17)28-13-15-7-6-12-27-15/h10-11,14-15H,4-9,12-13H2,1-3H3,(H,22,25)(H,24,26).